The third kappa shape index (κ3) is 5.42. The Labute approximate surface area is 164 Å². The Bertz CT molecular complexity index is 780. The fourth-order valence-corrected chi connectivity index (χ4v) is 4.20. The highest BCUT2D eigenvalue weighted by atomic mass is 32.1. The molecule has 2 N–H and O–H groups in total. The molecule has 7 heteroatoms. The SMILES string of the molecule is CCNC(=NCc1sc(C)nc1C)NC1CCN(c2cccc(F)c2)CC1. The molecule has 3 rings (SSSR count). The molecule has 1 aromatic carbocycles. The molecule has 2 aromatic rings. The van der Waals surface area contributed by atoms with Crippen LogP contribution in [0.25, 0.3) is 0 Å². The van der Waals surface area contributed by atoms with Crippen molar-refractivity contribution in [1.82, 2.24) is 15.6 Å². The average molecular weight is 390 g/mol. The Kier molecular flexibility index (Phi) is 6.66. The number of aliphatic imine (C=N–C) groups is 1. The second-order valence-corrected chi connectivity index (χ2v) is 8.11. The fraction of sp³-hybridized carbons (Fsp3) is 0.500. The molecule has 1 aliphatic rings. The van der Waals surface area contributed by atoms with Crippen LogP contribution in [-0.2, 0) is 6.54 Å². The van der Waals surface area contributed by atoms with E-state index in [0.717, 1.165) is 54.8 Å². The standard InChI is InChI=1S/C20H28FN5S/c1-4-22-20(23-13-19-14(2)24-15(3)27-19)25-17-8-10-26(11-9-17)18-7-5-6-16(21)12-18/h5-7,12,17H,4,8-11,13H2,1-3H3,(H2,22,23,25). The zero-order chi connectivity index (χ0) is 19.2. The lowest BCUT2D eigenvalue weighted by molar-refractivity contribution is 0.461. The number of aromatic nitrogens is 1. The number of guanidine groups is 1. The molecule has 1 aromatic heterocycles. The fourth-order valence-electron chi connectivity index (χ4n) is 3.34. The van der Waals surface area contributed by atoms with Gasteiger partial charge in [-0.3, -0.25) is 0 Å². The van der Waals surface area contributed by atoms with Gasteiger partial charge >= 0.3 is 0 Å². The highest BCUT2D eigenvalue weighted by molar-refractivity contribution is 7.11. The van der Waals surface area contributed by atoms with Gasteiger partial charge in [0, 0.05) is 36.2 Å². The largest absolute Gasteiger partial charge is 0.371 e. The monoisotopic (exact) mass is 389 g/mol. The second-order valence-electron chi connectivity index (χ2n) is 6.82. The summed E-state index contributed by atoms with van der Waals surface area (Å²) < 4.78 is 13.4. The number of hydrogen-bond donors (Lipinski definition) is 2. The highest BCUT2D eigenvalue weighted by Gasteiger charge is 2.20. The molecule has 1 aliphatic heterocycles. The van der Waals surface area contributed by atoms with Crippen LogP contribution in [0.1, 0.15) is 35.3 Å². The second kappa shape index (κ2) is 9.17. The molecule has 0 radical (unpaired) electrons. The zero-order valence-electron chi connectivity index (χ0n) is 16.3. The highest BCUT2D eigenvalue weighted by Crippen LogP contribution is 2.21. The molecule has 0 spiro atoms. The molecule has 146 valence electrons. The van der Waals surface area contributed by atoms with Crippen LogP contribution < -0.4 is 15.5 Å². The summed E-state index contributed by atoms with van der Waals surface area (Å²) in [4.78, 5) is 12.7. The number of anilines is 1. The number of nitrogens with zero attached hydrogens (tertiary/aromatic N) is 3. The smallest absolute Gasteiger partial charge is 0.191 e. The lowest BCUT2D eigenvalue weighted by Gasteiger charge is -2.34. The molecule has 27 heavy (non-hydrogen) atoms. The number of piperidine rings is 1. The molecule has 0 atom stereocenters. The van der Waals surface area contributed by atoms with Gasteiger partial charge in [-0.15, -0.1) is 11.3 Å². The van der Waals surface area contributed by atoms with Crippen LogP contribution >= 0.6 is 11.3 Å². The van der Waals surface area contributed by atoms with Crippen molar-refractivity contribution in [3.8, 4) is 0 Å². The topological polar surface area (TPSA) is 52.6 Å². The molecule has 2 heterocycles. The maximum atomic E-state index is 13.4. The van der Waals surface area contributed by atoms with E-state index in [-0.39, 0.29) is 5.82 Å². The summed E-state index contributed by atoms with van der Waals surface area (Å²) in [5, 5.41) is 7.98. The van der Waals surface area contributed by atoms with Crippen LogP contribution in [0.15, 0.2) is 29.3 Å². The third-order valence-electron chi connectivity index (χ3n) is 4.73. The first kappa shape index (κ1) is 19.6. The molecule has 0 unspecified atom stereocenters. The van der Waals surface area contributed by atoms with Gasteiger partial charge in [0.2, 0.25) is 0 Å². The Balaban J connectivity index is 1.56. The predicted molar refractivity (Wildman–Crippen MR) is 111 cm³/mol. The van der Waals surface area contributed by atoms with Crippen LogP contribution in [0.2, 0.25) is 0 Å². The zero-order valence-corrected chi connectivity index (χ0v) is 17.1. The van der Waals surface area contributed by atoms with Gasteiger partial charge in [-0.25, -0.2) is 14.4 Å². The van der Waals surface area contributed by atoms with E-state index >= 15 is 0 Å². The van der Waals surface area contributed by atoms with Crippen molar-refractivity contribution in [1.29, 1.82) is 0 Å². The molecule has 1 saturated heterocycles. The minimum atomic E-state index is -0.178. The van der Waals surface area contributed by atoms with Crippen molar-refractivity contribution in [2.24, 2.45) is 4.99 Å². The predicted octanol–water partition coefficient (Wildman–Crippen LogP) is 3.62. The quantitative estimate of drug-likeness (QED) is 0.606. The summed E-state index contributed by atoms with van der Waals surface area (Å²) in [5.74, 6) is 0.676. The molecule has 0 amide bonds. The molecule has 1 fully saturated rings. The van der Waals surface area contributed by atoms with Gasteiger partial charge in [0.25, 0.3) is 0 Å². The molecule has 5 nitrogen and oxygen atoms in total. The van der Waals surface area contributed by atoms with Gasteiger partial charge in [0.1, 0.15) is 5.82 Å². The molecule has 0 saturated carbocycles. The van der Waals surface area contributed by atoms with E-state index in [1.54, 1.807) is 23.5 Å². The van der Waals surface area contributed by atoms with Gasteiger partial charge in [0.05, 0.1) is 17.2 Å². The Morgan fingerprint density at radius 1 is 1.33 bits per heavy atom. The van der Waals surface area contributed by atoms with E-state index in [0.29, 0.717) is 12.6 Å². The van der Waals surface area contributed by atoms with Crippen LogP contribution in [0.3, 0.4) is 0 Å². The first-order valence-electron chi connectivity index (χ1n) is 9.53. The van der Waals surface area contributed by atoms with Crippen LogP contribution in [0.4, 0.5) is 10.1 Å². The van der Waals surface area contributed by atoms with Crippen LogP contribution in [0, 0.1) is 19.7 Å². The average Bonchev–Trinajstić information content (AvgIpc) is 2.98. The number of rotatable bonds is 5. The normalized spacial score (nSPS) is 15.9. The molecular formula is C20H28FN5S. The summed E-state index contributed by atoms with van der Waals surface area (Å²) in [6.07, 6.45) is 2.00. The van der Waals surface area contributed by atoms with Crippen molar-refractivity contribution in [3.05, 3.63) is 45.7 Å². The van der Waals surface area contributed by atoms with Crippen molar-refractivity contribution in [3.63, 3.8) is 0 Å². The summed E-state index contributed by atoms with van der Waals surface area (Å²) >= 11 is 1.71. The number of nitrogens with one attached hydrogen (secondary N) is 2. The molecular weight excluding hydrogens is 361 g/mol. The molecule has 0 aliphatic carbocycles. The number of halogens is 1. The number of hydrogen-bond acceptors (Lipinski definition) is 4. The lowest BCUT2D eigenvalue weighted by atomic mass is 10.0. The minimum absolute atomic E-state index is 0.178. The van der Waals surface area contributed by atoms with Crippen molar-refractivity contribution in [2.45, 2.75) is 46.2 Å². The maximum absolute atomic E-state index is 13.4. The van der Waals surface area contributed by atoms with Gasteiger partial charge < -0.3 is 15.5 Å². The number of benzene rings is 1. The first-order chi connectivity index (χ1) is 13.0. The van der Waals surface area contributed by atoms with Gasteiger partial charge in [0.15, 0.2) is 5.96 Å². The van der Waals surface area contributed by atoms with Crippen molar-refractivity contribution < 1.29 is 4.39 Å². The Hall–Kier alpha value is -2.15. The van der Waals surface area contributed by atoms with E-state index in [2.05, 4.69) is 27.4 Å². The molecule has 0 bridgehead atoms. The lowest BCUT2D eigenvalue weighted by Crippen LogP contribution is -2.48. The van der Waals surface area contributed by atoms with E-state index < -0.39 is 0 Å². The number of aryl methyl sites for hydroxylation is 2. The van der Waals surface area contributed by atoms with Crippen molar-refractivity contribution in [2.75, 3.05) is 24.5 Å². The van der Waals surface area contributed by atoms with Gasteiger partial charge in [-0.1, -0.05) is 6.07 Å². The van der Waals surface area contributed by atoms with E-state index in [1.807, 2.05) is 19.9 Å². The third-order valence-corrected chi connectivity index (χ3v) is 5.79. The van der Waals surface area contributed by atoms with Crippen LogP contribution in [0.5, 0.6) is 0 Å². The summed E-state index contributed by atoms with van der Waals surface area (Å²) in [5.41, 5.74) is 2.03. The first-order valence-corrected chi connectivity index (χ1v) is 10.3. The Morgan fingerprint density at radius 2 is 2.11 bits per heavy atom. The van der Waals surface area contributed by atoms with Crippen LogP contribution in [-0.4, -0.2) is 36.6 Å². The summed E-state index contributed by atoms with van der Waals surface area (Å²) in [6, 6.07) is 7.22. The number of thiazole rings is 1. The minimum Gasteiger partial charge on any atom is -0.371 e. The summed E-state index contributed by atoms with van der Waals surface area (Å²) in [7, 11) is 0. The van der Waals surface area contributed by atoms with Crippen molar-refractivity contribution >= 4 is 23.0 Å². The van der Waals surface area contributed by atoms with E-state index in [1.165, 1.54) is 10.9 Å². The maximum Gasteiger partial charge on any atom is 0.191 e. The summed E-state index contributed by atoms with van der Waals surface area (Å²) in [6.45, 7) is 9.44. The van der Waals surface area contributed by atoms with Gasteiger partial charge in [-0.05, 0) is 51.8 Å². The van der Waals surface area contributed by atoms with E-state index in [4.69, 9.17) is 4.99 Å². The Morgan fingerprint density at radius 3 is 2.74 bits per heavy atom. The van der Waals surface area contributed by atoms with E-state index in [9.17, 15) is 4.39 Å². The van der Waals surface area contributed by atoms with Gasteiger partial charge in [-0.2, -0.15) is 0 Å².